The zero-order chi connectivity index (χ0) is 17.2. The lowest BCUT2D eigenvalue weighted by Crippen LogP contribution is -2.33. The van der Waals surface area contributed by atoms with Gasteiger partial charge in [-0.05, 0) is 17.7 Å². The molecule has 2 atom stereocenters. The molecule has 1 aromatic heterocycles. The molecule has 0 spiro atoms. The molecule has 2 aromatic rings. The van der Waals surface area contributed by atoms with Crippen LogP contribution in [0.15, 0.2) is 46.9 Å². The van der Waals surface area contributed by atoms with Gasteiger partial charge in [0.15, 0.2) is 0 Å². The number of furan rings is 1. The molecule has 2 heterocycles. The number of hydrogen-bond acceptors (Lipinski definition) is 3. The predicted molar refractivity (Wildman–Crippen MR) is 81.1 cm³/mol. The maximum atomic E-state index is 12.7. The summed E-state index contributed by atoms with van der Waals surface area (Å²) in [4.78, 5) is 12.4. The molecule has 4 nitrogen and oxygen atoms in total. The molecule has 0 radical (unpaired) electrons. The van der Waals surface area contributed by atoms with Gasteiger partial charge in [-0.25, -0.2) is 0 Å². The van der Waals surface area contributed by atoms with Crippen LogP contribution in [-0.4, -0.2) is 19.0 Å². The monoisotopic (exact) mass is 338 g/mol. The highest BCUT2D eigenvalue weighted by Crippen LogP contribution is 2.35. The largest absolute Gasteiger partial charge is 0.456 e. The third-order valence-electron chi connectivity index (χ3n) is 4.13. The second-order valence-corrected chi connectivity index (χ2v) is 5.77. The Kier molecular flexibility index (Phi) is 4.62. The molecule has 0 aliphatic carbocycles. The number of halogens is 3. The molecule has 0 bridgehead atoms. The van der Waals surface area contributed by atoms with Crippen LogP contribution in [-0.2, 0) is 17.5 Å². The van der Waals surface area contributed by atoms with Gasteiger partial charge in [-0.15, -0.1) is 0 Å². The lowest BCUT2D eigenvalue weighted by molar-refractivity contribution is -0.153. The Morgan fingerprint density at radius 3 is 2.58 bits per heavy atom. The van der Waals surface area contributed by atoms with Gasteiger partial charge in [0.1, 0.15) is 5.76 Å². The van der Waals surface area contributed by atoms with Gasteiger partial charge < -0.3 is 15.1 Å². The SMILES string of the molecule is O=C(NCc1ccccc1)C1CNCC1c1ccc(C(F)(F)F)o1. The number of carbonyl (C=O) groups is 1. The molecular weight excluding hydrogens is 321 g/mol. The fourth-order valence-corrected chi connectivity index (χ4v) is 2.87. The topological polar surface area (TPSA) is 54.3 Å². The van der Waals surface area contributed by atoms with Gasteiger partial charge in [0.05, 0.1) is 5.92 Å². The van der Waals surface area contributed by atoms with Gasteiger partial charge in [-0.1, -0.05) is 30.3 Å². The molecule has 7 heteroatoms. The molecular formula is C17H17F3N2O2. The highest BCUT2D eigenvalue weighted by Gasteiger charge is 2.39. The maximum absolute atomic E-state index is 12.7. The fraction of sp³-hybridized carbons (Fsp3) is 0.353. The quantitative estimate of drug-likeness (QED) is 0.901. The van der Waals surface area contributed by atoms with E-state index in [1.165, 1.54) is 6.07 Å². The Hall–Kier alpha value is -2.28. The van der Waals surface area contributed by atoms with Crippen molar-refractivity contribution in [3.05, 3.63) is 59.5 Å². The van der Waals surface area contributed by atoms with Crippen LogP contribution in [0.3, 0.4) is 0 Å². The molecule has 1 saturated heterocycles. The van der Waals surface area contributed by atoms with E-state index in [2.05, 4.69) is 10.6 Å². The van der Waals surface area contributed by atoms with Gasteiger partial charge in [-0.2, -0.15) is 13.2 Å². The summed E-state index contributed by atoms with van der Waals surface area (Å²) in [5, 5.41) is 5.88. The summed E-state index contributed by atoms with van der Waals surface area (Å²) < 4.78 is 42.9. The van der Waals surface area contributed by atoms with Gasteiger partial charge in [0, 0.05) is 25.6 Å². The van der Waals surface area contributed by atoms with Crippen LogP contribution in [0.25, 0.3) is 0 Å². The first-order valence-electron chi connectivity index (χ1n) is 7.64. The molecule has 0 saturated carbocycles. The minimum absolute atomic E-state index is 0.187. The standard InChI is InChI=1S/C17H17F3N2O2/c18-17(19,20)15-7-6-14(24-15)12-9-21-10-13(12)16(23)22-8-11-4-2-1-3-5-11/h1-7,12-13,21H,8-10H2,(H,22,23). The Morgan fingerprint density at radius 2 is 1.92 bits per heavy atom. The van der Waals surface area contributed by atoms with Crippen LogP contribution in [0.2, 0.25) is 0 Å². The van der Waals surface area contributed by atoms with E-state index in [-0.39, 0.29) is 11.7 Å². The number of rotatable bonds is 4. The van der Waals surface area contributed by atoms with Crippen molar-refractivity contribution in [1.82, 2.24) is 10.6 Å². The van der Waals surface area contributed by atoms with E-state index in [1.807, 2.05) is 30.3 Å². The summed E-state index contributed by atoms with van der Waals surface area (Å²) in [6.45, 7) is 1.20. The summed E-state index contributed by atoms with van der Waals surface area (Å²) >= 11 is 0. The van der Waals surface area contributed by atoms with Gasteiger partial charge in [-0.3, -0.25) is 4.79 Å². The molecule has 24 heavy (non-hydrogen) atoms. The third kappa shape index (κ3) is 3.62. The summed E-state index contributed by atoms with van der Waals surface area (Å²) in [5.74, 6) is -1.91. The van der Waals surface area contributed by atoms with Crippen molar-refractivity contribution in [2.24, 2.45) is 5.92 Å². The minimum Gasteiger partial charge on any atom is -0.456 e. The van der Waals surface area contributed by atoms with E-state index in [0.717, 1.165) is 11.6 Å². The first-order valence-corrected chi connectivity index (χ1v) is 7.64. The van der Waals surface area contributed by atoms with Crippen molar-refractivity contribution >= 4 is 5.91 Å². The van der Waals surface area contributed by atoms with Crippen molar-refractivity contribution in [2.45, 2.75) is 18.6 Å². The van der Waals surface area contributed by atoms with Crippen LogP contribution < -0.4 is 10.6 Å². The van der Waals surface area contributed by atoms with Crippen molar-refractivity contribution in [2.75, 3.05) is 13.1 Å². The van der Waals surface area contributed by atoms with Crippen LogP contribution in [0.1, 0.15) is 23.0 Å². The first-order chi connectivity index (χ1) is 11.4. The van der Waals surface area contributed by atoms with Gasteiger partial charge in [0.2, 0.25) is 11.7 Å². The Labute approximate surface area is 137 Å². The van der Waals surface area contributed by atoms with E-state index >= 15 is 0 Å². The van der Waals surface area contributed by atoms with Crippen LogP contribution in [0, 0.1) is 5.92 Å². The van der Waals surface area contributed by atoms with Gasteiger partial charge in [0.25, 0.3) is 0 Å². The molecule has 128 valence electrons. The second-order valence-electron chi connectivity index (χ2n) is 5.77. The molecule has 1 aromatic carbocycles. The molecule has 1 aliphatic heterocycles. The smallest absolute Gasteiger partial charge is 0.449 e. The van der Waals surface area contributed by atoms with E-state index in [0.29, 0.717) is 19.6 Å². The number of nitrogens with one attached hydrogen (secondary N) is 2. The average molecular weight is 338 g/mol. The maximum Gasteiger partial charge on any atom is 0.449 e. The van der Waals surface area contributed by atoms with Crippen LogP contribution in [0.5, 0.6) is 0 Å². The van der Waals surface area contributed by atoms with Gasteiger partial charge >= 0.3 is 6.18 Å². The Morgan fingerprint density at radius 1 is 1.17 bits per heavy atom. The fourth-order valence-electron chi connectivity index (χ4n) is 2.87. The summed E-state index contributed by atoms with van der Waals surface area (Å²) in [5.41, 5.74) is 0.964. The molecule has 2 unspecified atom stereocenters. The Balaban J connectivity index is 1.66. The van der Waals surface area contributed by atoms with Crippen molar-refractivity contribution in [3.63, 3.8) is 0 Å². The predicted octanol–water partition coefficient (Wildman–Crippen LogP) is 2.92. The first kappa shape index (κ1) is 16.6. The zero-order valence-corrected chi connectivity index (χ0v) is 12.8. The highest BCUT2D eigenvalue weighted by atomic mass is 19.4. The average Bonchev–Trinajstić information content (AvgIpc) is 3.21. The number of hydrogen-bond donors (Lipinski definition) is 2. The van der Waals surface area contributed by atoms with Crippen LogP contribution >= 0.6 is 0 Å². The highest BCUT2D eigenvalue weighted by molar-refractivity contribution is 5.80. The number of carbonyl (C=O) groups excluding carboxylic acids is 1. The van der Waals surface area contributed by atoms with Crippen LogP contribution in [0.4, 0.5) is 13.2 Å². The van der Waals surface area contributed by atoms with E-state index in [1.54, 1.807) is 0 Å². The molecule has 1 amide bonds. The molecule has 2 N–H and O–H groups in total. The minimum atomic E-state index is -4.52. The molecule has 3 rings (SSSR count). The normalized spacial score (nSPS) is 21.0. The van der Waals surface area contributed by atoms with Crippen molar-refractivity contribution in [3.8, 4) is 0 Å². The van der Waals surface area contributed by atoms with Crippen molar-refractivity contribution < 1.29 is 22.4 Å². The number of benzene rings is 1. The summed E-state index contributed by atoms with van der Waals surface area (Å²) in [7, 11) is 0. The van der Waals surface area contributed by atoms with E-state index in [4.69, 9.17) is 4.42 Å². The van der Waals surface area contributed by atoms with E-state index in [9.17, 15) is 18.0 Å². The van der Waals surface area contributed by atoms with Crippen molar-refractivity contribution in [1.29, 1.82) is 0 Å². The molecule has 1 fully saturated rings. The Bertz CT molecular complexity index is 697. The number of alkyl halides is 3. The third-order valence-corrected chi connectivity index (χ3v) is 4.13. The lowest BCUT2D eigenvalue weighted by Gasteiger charge is -2.16. The zero-order valence-electron chi connectivity index (χ0n) is 12.8. The van der Waals surface area contributed by atoms with E-state index < -0.39 is 23.8 Å². The molecule has 1 aliphatic rings. The summed E-state index contributed by atoms with van der Waals surface area (Å²) in [6, 6.07) is 11.6. The summed E-state index contributed by atoms with van der Waals surface area (Å²) in [6.07, 6.45) is -4.52. The number of amides is 1. The second kappa shape index (κ2) is 6.68. The lowest BCUT2D eigenvalue weighted by atomic mass is 9.93.